The molecule has 0 fully saturated rings. The largest absolute Gasteiger partial charge is 0.349 e. The fraction of sp³-hybridized carbons (Fsp3) is 0. The van der Waals surface area contributed by atoms with Crippen molar-refractivity contribution in [3.05, 3.63) is 87.6 Å². The molecule has 1 heterocycles. The highest BCUT2D eigenvalue weighted by atomic mass is 35.5. The molecule has 0 aliphatic rings. The van der Waals surface area contributed by atoms with Crippen LogP contribution in [0.4, 0.5) is 8.78 Å². The van der Waals surface area contributed by atoms with Crippen LogP contribution in [-0.2, 0) is 10.0 Å². The summed E-state index contributed by atoms with van der Waals surface area (Å²) < 4.78 is 53.1. The quantitative estimate of drug-likeness (QED) is 0.679. The van der Waals surface area contributed by atoms with Crippen LogP contribution in [0.15, 0.2) is 64.5 Å². The summed E-state index contributed by atoms with van der Waals surface area (Å²) in [7, 11) is -4.32. The lowest BCUT2D eigenvalue weighted by molar-refractivity contribution is 0.0947. The van der Waals surface area contributed by atoms with Crippen molar-refractivity contribution < 1.29 is 22.0 Å². The van der Waals surface area contributed by atoms with E-state index in [1.807, 2.05) is 0 Å². The van der Waals surface area contributed by atoms with E-state index in [0.717, 1.165) is 30.6 Å². The van der Waals surface area contributed by atoms with E-state index in [9.17, 15) is 26.8 Å². The van der Waals surface area contributed by atoms with Gasteiger partial charge in [0.15, 0.2) is 0 Å². The first-order chi connectivity index (χ1) is 12.2. The van der Waals surface area contributed by atoms with Gasteiger partial charge in [0, 0.05) is 17.4 Å². The van der Waals surface area contributed by atoms with E-state index in [-0.39, 0.29) is 4.90 Å². The second-order valence-electron chi connectivity index (χ2n) is 5.11. The lowest BCUT2D eigenvalue weighted by Crippen LogP contribution is -2.33. The van der Waals surface area contributed by atoms with Crippen LogP contribution in [0.5, 0.6) is 0 Å². The van der Waals surface area contributed by atoms with E-state index in [2.05, 4.69) is 0 Å². The van der Waals surface area contributed by atoms with Crippen LogP contribution in [0.1, 0.15) is 10.4 Å². The van der Waals surface area contributed by atoms with Gasteiger partial charge in [0.25, 0.3) is 15.9 Å². The van der Waals surface area contributed by atoms with Crippen LogP contribution in [0.25, 0.3) is 0 Å². The van der Waals surface area contributed by atoms with Gasteiger partial charge in [0.2, 0.25) is 0 Å². The lowest BCUT2D eigenvalue weighted by Gasteiger charge is -2.05. The molecule has 0 saturated heterocycles. The van der Waals surface area contributed by atoms with Crippen LogP contribution < -0.4 is 5.69 Å². The van der Waals surface area contributed by atoms with Crippen LogP contribution >= 0.6 is 11.6 Å². The van der Waals surface area contributed by atoms with Crippen molar-refractivity contribution in [2.24, 2.45) is 0 Å². The molecule has 0 amide bonds. The SMILES string of the molecule is O=C(c1c(F)cccc1F)n1ccn(S(=O)(=O)c2ccc(Cl)cc2)c1=O. The number of imidazole rings is 1. The number of hydrogen-bond donors (Lipinski definition) is 0. The van der Waals surface area contributed by atoms with Crippen LogP contribution in [0.3, 0.4) is 0 Å². The van der Waals surface area contributed by atoms with Crippen molar-refractivity contribution in [2.75, 3.05) is 0 Å². The summed E-state index contributed by atoms with van der Waals surface area (Å²) in [5, 5.41) is 0.291. The molecule has 1 aromatic heterocycles. The van der Waals surface area contributed by atoms with Crippen molar-refractivity contribution >= 4 is 27.5 Å². The standard InChI is InChI=1S/C16H9ClF2N2O4S/c17-10-4-6-11(7-5-10)26(24,25)21-9-8-20(16(21)23)15(22)14-12(18)2-1-3-13(14)19/h1-9H. The maximum absolute atomic E-state index is 13.7. The first kappa shape index (κ1) is 18.0. The molecule has 0 unspecified atom stereocenters. The molecular weight excluding hydrogens is 390 g/mol. The molecule has 2 aromatic carbocycles. The number of aromatic nitrogens is 2. The Balaban J connectivity index is 2.10. The molecule has 0 bridgehead atoms. The number of rotatable bonds is 3. The molecule has 3 rings (SSSR count). The zero-order chi connectivity index (χ0) is 19.1. The summed E-state index contributed by atoms with van der Waals surface area (Å²) in [6.07, 6.45) is 1.65. The van der Waals surface area contributed by atoms with E-state index in [0.29, 0.717) is 13.6 Å². The van der Waals surface area contributed by atoms with Gasteiger partial charge in [-0.1, -0.05) is 17.7 Å². The van der Waals surface area contributed by atoms with Gasteiger partial charge in [0.05, 0.1) is 4.90 Å². The minimum Gasteiger partial charge on any atom is -0.268 e. The van der Waals surface area contributed by atoms with Crippen molar-refractivity contribution in [1.82, 2.24) is 8.54 Å². The molecule has 0 aliphatic heterocycles. The van der Waals surface area contributed by atoms with Crippen molar-refractivity contribution in [1.29, 1.82) is 0 Å². The molecule has 10 heteroatoms. The van der Waals surface area contributed by atoms with Gasteiger partial charge in [-0.25, -0.2) is 26.6 Å². The maximum atomic E-state index is 13.7. The van der Waals surface area contributed by atoms with Gasteiger partial charge >= 0.3 is 5.69 Å². The molecule has 0 atom stereocenters. The zero-order valence-corrected chi connectivity index (χ0v) is 14.3. The highest BCUT2D eigenvalue weighted by Gasteiger charge is 2.25. The van der Waals surface area contributed by atoms with E-state index in [4.69, 9.17) is 11.6 Å². The summed E-state index contributed by atoms with van der Waals surface area (Å²) in [5.74, 6) is -3.67. The monoisotopic (exact) mass is 398 g/mol. The summed E-state index contributed by atoms with van der Waals surface area (Å²) >= 11 is 5.70. The third kappa shape index (κ3) is 2.95. The van der Waals surface area contributed by atoms with E-state index in [1.165, 1.54) is 24.3 Å². The Bertz CT molecular complexity index is 1150. The van der Waals surface area contributed by atoms with Crippen LogP contribution in [-0.4, -0.2) is 22.9 Å². The molecule has 0 N–H and O–H groups in total. The predicted octanol–water partition coefficient (Wildman–Crippen LogP) is 2.51. The number of hydrogen-bond acceptors (Lipinski definition) is 4. The Kier molecular flexibility index (Phi) is 4.51. The first-order valence-corrected chi connectivity index (χ1v) is 8.85. The highest BCUT2D eigenvalue weighted by Crippen LogP contribution is 2.17. The van der Waals surface area contributed by atoms with Crippen LogP contribution in [0, 0.1) is 11.6 Å². The number of carbonyl (C=O) groups excluding carboxylic acids is 1. The molecule has 26 heavy (non-hydrogen) atoms. The molecule has 0 saturated carbocycles. The molecule has 134 valence electrons. The third-order valence-corrected chi connectivity index (χ3v) is 5.43. The van der Waals surface area contributed by atoms with Gasteiger partial charge in [-0.05, 0) is 36.4 Å². The normalized spacial score (nSPS) is 11.5. The predicted molar refractivity (Wildman–Crippen MR) is 88.8 cm³/mol. The summed E-state index contributed by atoms with van der Waals surface area (Å²) in [5.41, 5.74) is -2.25. The first-order valence-electron chi connectivity index (χ1n) is 7.03. The summed E-state index contributed by atoms with van der Waals surface area (Å²) in [4.78, 5) is 24.4. The Morgan fingerprint density at radius 1 is 0.962 bits per heavy atom. The summed E-state index contributed by atoms with van der Waals surface area (Å²) in [6, 6.07) is 7.75. The molecule has 0 radical (unpaired) electrons. The van der Waals surface area contributed by atoms with Crippen LogP contribution in [0.2, 0.25) is 5.02 Å². The Morgan fingerprint density at radius 2 is 1.54 bits per heavy atom. The summed E-state index contributed by atoms with van der Waals surface area (Å²) in [6.45, 7) is 0. The minimum absolute atomic E-state index is 0.244. The van der Waals surface area contributed by atoms with Gasteiger partial charge in [-0.2, -0.15) is 3.97 Å². The highest BCUT2D eigenvalue weighted by molar-refractivity contribution is 7.90. The van der Waals surface area contributed by atoms with Gasteiger partial charge in [-0.15, -0.1) is 0 Å². The number of nitrogens with zero attached hydrogens (tertiary/aromatic N) is 2. The molecular formula is C16H9ClF2N2O4S. The molecule has 0 aliphatic carbocycles. The fourth-order valence-corrected chi connectivity index (χ4v) is 3.58. The Morgan fingerprint density at radius 3 is 2.12 bits per heavy atom. The Hall–Kier alpha value is -2.78. The fourth-order valence-electron chi connectivity index (χ4n) is 2.24. The molecule has 3 aromatic rings. The average molecular weight is 399 g/mol. The molecule has 6 nitrogen and oxygen atoms in total. The minimum atomic E-state index is -4.32. The van der Waals surface area contributed by atoms with Gasteiger partial charge in [0.1, 0.15) is 17.2 Å². The topological polar surface area (TPSA) is 78.1 Å². The Labute approximate surface area is 150 Å². The van der Waals surface area contributed by atoms with Gasteiger partial charge < -0.3 is 0 Å². The van der Waals surface area contributed by atoms with Crippen molar-refractivity contribution in [3.63, 3.8) is 0 Å². The molecule has 0 spiro atoms. The van der Waals surface area contributed by atoms with E-state index in [1.54, 1.807) is 0 Å². The average Bonchev–Trinajstić information content (AvgIpc) is 2.97. The van der Waals surface area contributed by atoms with Crippen molar-refractivity contribution in [3.8, 4) is 0 Å². The second kappa shape index (κ2) is 6.50. The van der Waals surface area contributed by atoms with E-state index >= 15 is 0 Å². The number of halogens is 3. The smallest absolute Gasteiger partial charge is 0.268 e. The van der Waals surface area contributed by atoms with Gasteiger partial charge in [-0.3, -0.25) is 4.79 Å². The number of benzene rings is 2. The zero-order valence-electron chi connectivity index (χ0n) is 12.8. The second-order valence-corrected chi connectivity index (χ2v) is 7.36. The third-order valence-electron chi connectivity index (χ3n) is 3.51. The lowest BCUT2D eigenvalue weighted by atomic mass is 10.2. The van der Waals surface area contributed by atoms with E-state index < -0.39 is 38.8 Å². The maximum Gasteiger partial charge on any atom is 0.349 e. The van der Waals surface area contributed by atoms with Crippen molar-refractivity contribution in [2.45, 2.75) is 4.90 Å². The number of carbonyl (C=O) groups is 1.